The number of hydrogen-bond acceptors (Lipinski definition) is 3. The molecule has 2 heterocycles. The van der Waals surface area contributed by atoms with Gasteiger partial charge in [0.25, 0.3) is 0 Å². The zero-order valence-corrected chi connectivity index (χ0v) is 8.94. The molecule has 0 saturated carbocycles. The van der Waals surface area contributed by atoms with Crippen molar-refractivity contribution in [2.75, 3.05) is 13.1 Å². The van der Waals surface area contributed by atoms with Gasteiger partial charge in [-0.25, -0.2) is 0 Å². The molecular formula is C9H13ClN2S. The van der Waals surface area contributed by atoms with Gasteiger partial charge in [-0.3, -0.25) is 4.90 Å². The van der Waals surface area contributed by atoms with E-state index in [0.717, 1.165) is 24.7 Å². The highest BCUT2D eigenvalue weighted by molar-refractivity contribution is 7.10. The fourth-order valence-electron chi connectivity index (χ4n) is 1.59. The van der Waals surface area contributed by atoms with E-state index in [4.69, 9.17) is 17.3 Å². The largest absolute Gasteiger partial charge is 0.329 e. The van der Waals surface area contributed by atoms with Crippen LogP contribution in [0.2, 0.25) is 5.02 Å². The highest BCUT2D eigenvalue weighted by atomic mass is 35.5. The molecule has 0 aromatic carbocycles. The van der Waals surface area contributed by atoms with Crippen molar-refractivity contribution in [2.24, 2.45) is 5.73 Å². The lowest BCUT2D eigenvalue weighted by Gasteiger charge is -2.40. The molecular weight excluding hydrogens is 204 g/mol. The van der Waals surface area contributed by atoms with Gasteiger partial charge in [0.1, 0.15) is 0 Å². The van der Waals surface area contributed by atoms with E-state index in [0.29, 0.717) is 6.04 Å². The van der Waals surface area contributed by atoms with Crippen LogP contribution in [0.25, 0.3) is 0 Å². The van der Waals surface area contributed by atoms with Crippen molar-refractivity contribution in [1.29, 1.82) is 0 Å². The Hall–Kier alpha value is -0.0900. The standard InChI is InChI=1S/C9H13ClN2S/c10-8-2-4-13-9(8)6-12-3-1-7(12)5-11/h2,4,7H,1,3,5-6,11H2. The van der Waals surface area contributed by atoms with E-state index in [2.05, 4.69) is 4.90 Å². The van der Waals surface area contributed by atoms with E-state index in [9.17, 15) is 0 Å². The molecule has 1 unspecified atom stereocenters. The van der Waals surface area contributed by atoms with Crippen LogP contribution in [-0.4, -0.2) is 24.0 Å². The van der Waals surface area contributed by atoms with E-state index in [1.54, 1.807) is 11.3 Å². The minimum absolute atomic E-state index is 0.582. The second kappa shape index (κ2) is 3.96. The Morgan fingerprint density at radius 3 is 3.00 bits per heavy atom. The first kappa shape index (κ1) is 9.46. The molecule has 1 aliphatic rings. The first-order valence-corrected chi connectivity index (χ1v) is 5.73. The predicted octanol–water partition coefficient (Wildman–Crippen LogP) is 1.93. The summed E-state index contributed by atoms with van der Waals surface area (Å²) < 4.78 is 0. The van der Waals surface area contributed by atoms with Gasteiger partial charge in [0, 0.05) is 30.6 Å². The lowest BCUT2D eigenvalue weighted by molar-refractivity contribution is 0.0895. The molecule has 1 aliphatic heterocycles. The maximum atomic E-state index is 6.01. The molecule has 0 spiro atoms. The molecule has 2 rings (SSSR count). The Labute approximate surface area is 87.3 Å². The number of nitrogens with two attached hydrogens (primary N) is 1. The van der Waals surface area contributed by atoms with Crippen LogP contribution in [0.15, 0.2) is 11.4 Å². The molecule has 1 aromatic rings. The molecule has 0 bridgehead atoms. The molecule has 1 atom stereocenters. The first-order valence-electron chi connectivity index (χ1n) is 4.47. The molecule has 1 fully saturated rings. The third kappa shape index (κ3) is 1.89. The van der Waals surface area contributed by atoms with Gasteiger partial charge in [-0.1, -0.05) is 11.6 Å². The maximum absolute atomic E-state index is 6.01. The van der Waals surface area contributed by atoms with Crippen LogP contribution in [0, 0.1) is 0 Å². The van der Waals surface area contributed by atoms with Gasteiger partial charge >= 0.3 is 0 Å². The Kier molecular flexibility index (Phi) is 2.89. The van der Waals surface area contributed by atoms with Crippen molar-refractivity contribution in [3.8, 4) is 0 Å². The van der Waals surface area contributed by atoms with Crippen molar-refractivity contribution < 1.29 is 0 Å². The Balaban J connectivity index is 1.95. The van der Waals surface area contributed by atoms with Crippen molar-refractivity contribution in [3.05, 3.63) is 21.3 Å². The Bertz CT molecular complexity index is 285. The van der Waals surface area contributed by atoms with Crippen LogP contribution in [-0.2, 0) is 6.54 Å². The number of halogens is 1. The quantitative estimate of drug-likeness (QED) is 0.837. The SMILES string of the molecule is NCC1CCN1Cc1sccc1Cl. The topological polar surface area (TPSA) is 29.3 Å². The second-order valence-corrected chi connectivity index (χ2v) is 4.75. The number of nitrogens with zero attached hydrogens (tertiary/aromatic N) is 1. The van der Waals surface area contributed by atoms with Gasteiger partial charge in [-0.2, -0.15) is 0 Å². The lowest BCUT2D eigenvalue weighted by Crippen LogP contribution is -2.50. The molecule has 0 radical (unpaired) electrons. The summed E-state index contributed by atoms with van der Waals surface area (Å²) in [6.07, 6.45) is 1.24. The van der Waals surface area contributed by atoms with Gasteiger partial charge < -0.3 is 5.73 Å². The number of hydrogen-bond donors (Lipinski definition) is 1. The first-order chi connectivity index (χ1) is 6.31. The number of rotatable bonds is 3. The maximum Gasteiger partial charge on any atom is 0.0558 e. The highest BCUT2D eigenvalue weighted by Crippen LogP contribution is 2.27. The normalized spacial score (nSPS) is 23.1. The molecule has 2 N–H and O–H groups in total. The summed E-state index contributed by atoms with van der Waals surface area (Å²) in [4.78, 5) is 3.65. The highest BCUT2D eigenvalue weighted by Gasteiger charge is 2.26. The van der Waals surface area contributed by atoms with Crippen molar-refractivity contribution in [1.82, 2.24) is 4.90 Å². The number of thiophene rings is 1. The molecule has 2 nitrogen and oxygen atoms in total. The summed E-state index contributed by atoms with van der Waals surface area (Å²) in [6, 6.07) is 2.54. The van der Waals surface area contributed by atoms with Gasteiger partial charge in [0.15, 0.2) is 0 Å². The van der Waals surface area contributed by atoms with E-state index in [-0.39, 0.29) is 0 Å². The predicted molar refractivity (Wildman–Crippen MR) is 57.2 cm³/mol. The van der Waals surface area contributed by atoms with Crippen molar-refractivity contribution >= 4 is 22.9 Å². The fourth-order valence-corrected chi connectivity index (χ4v) is 2.71. The Morgan fingerprint density at radius 1 is 1.69 bits per heavy atom. The molecule has 0 amide bonds. The van der Waals surface area contributed by atoms with Crippen molar-refractivity contribution in [2.45, 2.75) is 19.0 Å². The van der Waals surface area contributed by atoms with Crippen LogP contribution in [0.4, 0.5) is 0 Å². The van der Waals surface area contributed by atoms with Crippen molar-refractivity contribution in [3.63, 3.8) is 0 Å². The Morgan fingerprint density at radius 2 is 2.54 bits per heavy atom. The van der Waals surface area contributed by atoms with Crippen LogP contribution in [0.1, 0.15) is 11.3 Å². The van der Waals surface area contributed by atoms with Crippen LogP contribution < -0.4 is 5.73 Å². The summed E-state index contributed by atoms with van der Waals surface area (Å²) in [7, 11) is 0. The summed E-state index contributed by atoms with van der Waals surface area (Å²) in [5.74, 6) is 0. The number of likely N-dealkylation sites (tertiary alicyclic amines) is 1. The molecule has 13 heavy (non-hydrogen) atoms. The van der Waals surface area contributed by atoms with Crippen LogP contribution >= 0.6 is 22.9 Å². The van der Waals surface area contributed by atoms with Gasteiger partial charge in [0.2, 0.25) is 0 Å². The van der Waals surface area contributed by atoms with E-state index < -0.39 is 0 Å². The summed E-state index contributed by atoms with van der Waals surface area (Å²) >= 11 is 7.73. The lowest BCUT2D eigenvalue weighted by atomic mass is 10.0. The third-order valence-corrected chi connectivity index (χ3v) is 3.95. The minimum Gasteiger partial charge on any atom is -0.329 e. The average Bonchev–Trinajstić information content (AvgIpc) is 2.46. The average molecular weight is 217 g/mol. The summed E-state index contributed by atoms with van der Waals surface area (Å²) in [5.41, 5.74) is 5.62. The molecule has 4 heteroatoms. The molecule has 1 aromatic heterocycles. The van der Waals surface area contributed by atoms with E-state index in [1.807, 2.05) is 11.4 Å². The summed E-state index contributed by atoms with van der Waals surface area (Å²) in [5, 5.41) is 2.93. The van der Waals surface area contributed by atoms with E-state index >= 15 is 0 Å². The zero-order chi connectivity index (χ0) is 9.26. The fraction of sp³-hybridized carbons (Fsp3) is 0.556. The van der Waals surface area contributed by atoms with Gasteiger partial charge in [-0.05, 0) is 17.9 Å². The zero-order valence-electron chi connectivity index (χ0n) is 7.37. The third-order valence-electron chi connectivity index (χ3n) is 2.58. The molecule has 0 aliphatic carbocycles. The van der Waals surface area contributed by atoms with Crippen LogP contribution in [0.3, 0.4) is 0 Å². The summed E-state index contributed by atoms with van der Waals surface area (Å²) in [6.45, 7) is 2.90. The van der Waals surface area contributed by atoms with Gasteiger partial charge in [0.05, 0.1) is 5.02 Å². The van der Waals surface area contributed by atoms with E-state index in [1.165, 1.54) is 11.3 Å². The van der Waals surface area contributed by atoms with Crippen LogP contribution in [0.5, 0.6) is 0 Å². The second-order valence-electron chi connectivity index (χ2n) is 3.34. The smallest absolute Gasteiger partial charge is 0.0558 e. The van der Waals surface area contributed by atoms with Gasteiger partial charge in [-0.15, -0.1) is 11.3 Å². The molecule has 72 valence electrons. The monoisotopic (exact) mass is 216 g/mol. The minimum atomic E-state index is 0.582. The molecule has 1 saturated heterocycles.